The monoisotopic (exact) mass is 296 g/mol. The van der Waals surface area contributed by atoms with E-state index in [1.54, 1.807) is 17.0 Å². The lowest BCUT2D eigenvalue weighted by molar-refractivity contribution is 0.0671. The highest BCUT2D eigenvalue weighted by atomic mass is 16.4. The Morgan fingerprint density at radius 3 is 2.73 bits per heavy atom. The molecule has 5 nitrogen and oxygen atoms in total. The van der Waals surface area contributed by atoms with Gasteiger partial charge in [0.05, 0.1) is 11.5 Å². The Labute approximate surface area is 127 Å². The Hall–Kier alpha value is -2.61. The van der Waals surface area contributed by atoms with Gasteiger partial charge in [-0.15, -0.1) is 0 Å². The van der Waals surface area contributed by atoms with Crippen LogP contribution >= 0.6 is 0 Å². The van der Waals surface area contributed by atoms with E-state index in [1.165, 1.54) is 0 Å². The molecule has 0 N–H and O–H groups in total. The van der Waals surface area contributed by atoms with Crippen molar-refractivity contribution < 1.29 is 9.21 Å². The van der Waals surface area contributed by atoms with Gasteiger partial charge in [-0.3, -0.25) is 4.79 Å². The van der Waals surface area contributed by atoms with Crippen molar-refractivity contribution >= 4 is 16.7 Å². The van der Waals surface area contributed by atoms with Crippen LogP contribution in [0.3, 0.4) is 0 Å². The highest BCUT2D eigenvalue weighted by molar-refractivity contribution is 5.95. The van der Waals surface area contributed by atoms with Gasteiger partial charge >= 0.3 is 5.63 Å². The van der Waals surface area contributed by atoms with Gasteiger partial charge in [0.15, 0.2) is 5.76 Å². The first kappa shape index (κ1) is 14.3. The molecule has 2 aromatic rings. The number of piperidine rings is 1. The molecule has 0 aliphatic carbocycles. The van der Waals surface area contributed by atoms with Crippen LogP contribution in [-0.4, -0.2) is 23.9 Å². The molecule has 1 aromatic heterocycles. The molecule has 1 saturated heterocycles. The number of likely N-dealkylation sites (tertiary alicyclic amines) is 1. The van der Waals surface area contributed by atoms with E-state index in [9.17, 15) is 9.59 Å². The van der Waals surface area contributed by atoms with Gasteiger partial charge in [-0.05, 0) is 37.3 Å². The summed E-state index contributed by atoms with van der Waals surface area (Å²) in [5.74, 6) is -0.205. The molecule has 1 aliphatic rings. The number of fused-ring (bicyclic) bond motifs is 1. The largest absolute Gasteiger partial charge is 0.417 e. The normalized spacial score (nSPS) is 15.7. The van der Waals surface area contributed by atoms with E-state index < -0.39 is 5.63 Å². The highest BCUT2D eigenvalue weighted by Gasteiger charge is 2.25. The van der Waals surface area contributed by atoms with Crippen molar-refractivity contribution in [3.8, 4) is 6.07 Å². The molecule has 112 valence electrons. The lowest BCUT2D eigenvalue weighted by Crippen LogP contribution is -2.38. The van der Waals surface area contributed by atoms with Gasteiger partial charge in [-0.25, -0.2) is 4.79 Å². The minimum atomic E-state index is -0.489. The zero-order valence-corrected chi connectivity index (χ0v) is 12.3. The molecular weight excluding hydrogens is 280 g/mol. The third-order valence-corrected chi connectivity index (χ3v) is 4.09. The maximum Gasteiger partial charge on any atom is 0.344 e. The van der Waals surface area contributed by atoms with Crippen molar-refractivity contribution in [2.75, 3.05) is 13.1 Å². The first-order chi connectivity index (χ1) is 10.6. The van der Waals surface area contributed by atoms with Crippen molar-refractivity contribution in [1.82, 2.24) is 4.90 Å². The fourth-order valence-electron chi connectivity index (χ4n) is 2.77. The molecular formula is C17H16N2O3. The third-order valence-electron chi connectivity index (χ3n) is 4.09. The van der Waals surface area contributed by atoms with Crippen LogP contribution < -0.4 is 5.63 Å². The molecule has 3 rings (SSSR count). The zero-order chi connectivity index (χ0) is 15.7. The lowest BCUT2D eigenvalue weighted by atomic mass is 9.98. The Morgan fingerprint density at radius 1 is 1.32 bits per heavy atom. The van der Waals surface area contributed by atoms with E-state index in [0.717, 1.165) is 5.56 Å². The summed E-state index contributed by atoms with van der Waals surface area (Å²) in [6.07, 6.45) is 1.33. The van der Waals surface area contributed by atoms with E-state index >= 15 is 0 Å². The van der Waals surface area contributed by atoms with Crippen LogP contribution in [0.15, 0.2) is 33.5 Å². The number of nitrogens with zero attached hydrogens (tertiary/aromatic N) is 2. The Bertz CT molecular complexity index is 824. The molecule has 0 atom stereocenters. The van der Waals surface area contributed by atoms with Gasteiger partial charge in [-0.1, -0.05) is 17.7 Å². The quantitative estimate of drug-likeness (QED) is 0.810. The van der Waals surface area contributed by atoms with Crippen LogP contribution in [0.25, 0.3) is 10.8 Å². The number of rotatable bonds is 1. The lowest BCUT2D eigenvalue weighted by Gasteiger charge is -2.28. The van der Waals surface area contributed by atoms with E-state index in [-0.39, 0.29) is 17.6 Å². The van der Waals surface area contributed by atoms with E-state index in [2.05, 4.69) is 6.07 Å². The Balaban J connectivity index is 1.91. The fourth-order valence-corrected chi connectivity index (χ4v) is 2.77. The smallest absolute Gasteiger partial charge is 0.344 e. The molecule has 1 aromatic carbocycles. The van der Waals surface area contributed by atoms with Gasteiger partial charge in [-0.2, -0.15) is 5.26 Å². The third kappa shape index (κ3) is 2.60. The molecule has 0 bridgehead atoms. The van der Waals surface area contributed by atoms with Crippen molar-refractivity contribution in [3.63, 3.8) is 0 Å². The summed E-state index contributed by atoms with van der Waals surface area (Å²) >= 11 is 0. The minimum absolute atomic E-state index is 0.00985. The number of hydrogen-bond acceptors (Lipinski definition) is 4. The molecule has 1 aliphatic heterocycles. The second-order valence-corrected chi connectivity index (χ2v) is 5.68. The summed E-state index contributed by atoms with van der Waals surface area (Å²) in [6.45, 7) is 2.94. The first-order valence-electron chi connectivity index (χ1n) is 7.32. The van der Waals surface area contributed by atoms with Crippen LogP contribution in [0.2, 0.25) is 0 Å². The SMILES string of the molecule is Cc1ccc2cc(C(=O)N3CCC(C#N)CC3)oc(=O)c2c1. The van der Waals surface area contributed by atoms with Crippen molar-refractivity contribution in [2.45, 2.75) is 19.8 Å². The van der Waals surface area contributed by atoms with Crippen LogP contribution in [0.1, 0.15) is 29.0 Å². The summed E-state index contributed by atoms with van der Waals surface area (Å²) in [5, 5.41) is 10.1. The van der Waals surface area contributed by atoms with Crippen LogP contribution in [0, 0.1) is 24.2 Å². The number of nitriles is 1. The second-order valence-electron chi connectivity index (χ2n) is 5.68. The van der Waals surface area contributed by atoms with E-state index in [1.807, 2.05) is 19.1 Å². The standard InChI is InChI=1S/C17H16N2O3/c1-11-2-3-13-9-15(22-17(21)14(13)8-11)16(20)19-6-4-12(10-18)5-7-19/h2-3,8-9,12H,4-7H2,1H3. The number of carbonyl (C=O) groups is 1. The number of aryl methyl sites for hydroxylation is 1. The maximum atomic E-state index is 12.5. The maximum absolute atomic E-state index is 12.5. The number of amides is 1. The molecule has 1 fully saturated rings. The highest BCUT2D eigenvalue weighted by Crippen LogP contribution is 2.20. The predicted molar refractivity (Wildman–Crippen MR) is 81.5 cm³/mol. The summed E-state index contributed by atoms with van der Waals surface area (Å²) in [6, 6.07) is 9.32. The van der Waals surface area contributed by atoms with Crippen LogP contribution in [0.4, 0.5) is 0 Å². The minimum Gasteiger partial charge on any atom is -0.417 e. The molecule has 5 heteroatoms. The molecule has 22 heavy (non-hydrogen) atoms. The molecule has 0 spiro atoms. The topological polar surface area (TPSA) is 74.3 Å². The molecule has 1 amide bonds. The van der Waals surface area contributed by atoms with Crippen molar-refractivity contribution in [3.05, 3.63) is 46.0 Å². The zero-order valence-electron chi connectivity index (χ0n) is 12.3. The average Bonchev–Trinajstić information content (AvgIpc) is 2.55. The predicted octanol–water partition coefficient (Wildman–Crippen LogP) is 2.48. The van der Waals surface area contributed by atoms with E-state index in [0.29, 0.717) is 36.7 Å². The Morgan fingerprint density at radius 2 is 2.05 bits per heavy atom. The molecule has 0 radical (unpaired) electrons. The van der Waals surface area contributed by atoms with Crippen molar-refractivity contribution in [2.24, 2.45) is 5.92 Å². The molecule has 0 unspecified atom stereocenters. The van der Waals surface area contributed by atoms with Gasteiger partial charge in [0.25, 0.3) is 5.91 Å². The van der Waals surface area contributed by atoms with E-state index in [4.69, 9.17) is 9.68 Å². The first-order valence-corrected chi connectivity index (χ1v) is 7.32. The number of benzene rings is 1. The van der Waals surface area contributed by atoms with Gasteiger partial charge in [0.2, 0.25) is 0 Å². The second kappa shape index (κ2) is 5.64. The number of hydrogen-bond donors (Lipinski definition) is 0. The van der Waals surface area contributed by atoms with Gasteiger partial charge < -0.3 is 9.32 Å². The number of carbonyl (C=O) groups excluding carboxylic acids is 1. The Kier molecular flexibility index (Phi) is 3.68. The molecule has 0 saturated carbocycles. The molecule has 2 heterocycles. The van der Waals surface area contributed by atoms with Gasteiger partial charge in [0.1, 0.15) is 0 Å². The fraction of sp³-hybridized carbons (Fsp3) is 0.353. The summed E-state index contributed by atoms with van der Waals surface area (Å²) in [7, 11) is 0. The van der Waals surface area contributed by atoms with Crippen LogP contribution in [0.5, 0.6) is 0 Å². The van der Waals surface area contributed by atoms with Gasteiger partial charge in [0, 0.05) is 19.0 Å². The summed E-state index contributed by atoms with van der Waals surface area (Å²) in [5.41, 5.74) is 0.480. The average molecular weight is 296 g/mol. The van der Waals surface area contributed by atoms with Crippen molar-refractivity contribution in [1.29, 1.82) is 5.26 Å². The summed E-state index contributed by atoms with van der Waals surface area (Å²) in [4.78, 5) is 26.2. The van der Waals surface area contributed by atoms with Crippen LogP contribution in [-0.2, 0) is 0 Å². The summed E-state index contributed by atoms with van der Waals surface area (Å²) < 4.78 is 5.20.